The van der Waals surface area contributed by atoms with Gasteiger partial charge in [-0.3, -0.25) is 9.88 Å². The van der Waals surface area contributed by atoms with Crippen molar-refractivity contribution in [3.63, 3.8) is 0 Å². The van der Waals surface area contributed by atoms with Crippen molar-refractivity contribution in [3.05, 3.63) is 48.6 Å². The molecule has 214 valence electrons. The number of pyridine rings is 1. The maximum absolute atomic E-state index is 6.23. The number of fused-ring (bicyclic) bond motifs is 1. The first-order valence-electron chi connectivity index (χ1n) is 14.1. The SMILES string of the molecule is COc1cc2ncnc(-n3nc(Nc4ccc(/C=C/CN5CCC(N6CCCC6)CC5)nc4)nc3N)c2cc1OC. The Morgan fingerprint density at radius 3 is 2.51 bits per heavy atom. The van der Waals surface area contributed by atoms with Gasteiger partial charge in [-0.15, -0.1) is 5.10 Å². The minimum absolute atomic E-state index is 0.180. The molecule has 0 aliphatic carbocycles. The van der Waals surface area contributed by atoms with Crippen LogP contribution in [0.4, 0.5) is 17.6 Å². The second-order valence-corrected chi connectivity index (χ2v) is 10.4. The molecule has 0 unspecified atom stereocenters. The lowest BCUT2D eigenvalue weighted by molar-refractivity contribution is 0.135. The number of nitrogen functional groups attached to an aromatic ring is 1. The second-order valence-electron chi connectivity index (χ2n) is 10.4. The van der Waals surface area contributed by atoms with Crippen LogP contribution in [0, 0.1) is 0 Å². The zero-order valence-electron chi connectivity index (χ0n) is 23.5. The van der Waals surface area contributed by atoms with Gasteiger partial charge in [0, 0.05) is 24.0 Å². The highest BCUT2D eigenvalue weighted by atomic mass is 16.5. The number of anilines is 3. The van der Waals surface area contributed by atoms with E-state index in [4.69, 9.17) is 15.2 Å². The van der Waals surface area contributed by atoms with Crippen LogP contribution in [-0.4, -0.2) is 92.5 Å². The summed E-state index contributed by atoms with van der Waals surface area (Å²) in [4.78, 5) is 22.9. The van der Waals surface area contributed by atoms with Crippen molar-refractivity contribution in [1.29, 1.82) is 0 Å². The molecule has 0 saturated carbocycles. The van der Waals surface area contributed by atoms with E-state index in [1.807, 2.05) is 12.1 Å². The van der Waals surface area contributed by atoms with Crippen LogP contribution in [-0.2, 0) is 0 Å². The molecule has 12 heteroatoms. The van der Waals surface area contributed by atoms with Gasteiger partial charge in [-0.1, -0.05) is 6.08 Å². The molecule has 2 aliphatic heterocycles. The lowest BCUT2D eigenvalue weighted by Gasteiger charge is -2.36. The maximum Gasteiger partial charge on any atom is 0.248 e. The molecule has 3 aromatic heterocycles. The van der Waals surface area contributed by atoms with Gasteiger partial charge < -0.3 is 25.4 Å². The zero-order valence-corrected chi connectivity index (χ0v) is 23.5. The Bertz CT molecular complexity index is 1510. The van der Waals surface area contributed by atoms with E-state index in [1.54, 1.807) is 32.5 Å². The fourth-order valence-corrected chi connectivity index (χ4v) is 5.67. The number of piperidine rings is 1. The predicted octanol–water partition coefficient (Wildman–Crippen LogP) is 3.52. The maximum atomic E-state index is 6.23. The lowest BCUT2D eigenvalue weighted by atomic mass is 10.0. The summed E-state index contributed by atoms with van der Waals surface area (Å²) in [6, 6.07) is 8.28. The third-order valence-corrected chi connectivity index (χ3v) is 7.86. The molecule has 0 bridgehead atoms. The van der Waals surface area contributed by atoms with Crippen LogP contribution in [0.25, 0.3) is 22.8 Å². The highest BCUT2D eigenvalue weighted by Gasteiger charge is 2.25. The minimum atomic E-state index is 0.180. The second kappa shape index (κ2) is 12.1. The number of methoxy groups -OCH3 is 2. The predicted molar refractivity (Wildman–Crippen MR) is 159 cm³/mol. The molecule has 0 amide bonds. The van der Waals surface area contributed by atoms with Gasteiger partial charge in [0.2, 0.25) is 11.9 Å². The molecule has 0 atom stereocenters. The van der Waals surface area contributed by atoms with E-state index in [1.165, 1.54) is 49.8 Å². The summed E-state index contributed by atoms with van der Waals surface area (Å²) >= 11 is 0. The normalized spacial score (nSPS) is 17.0. The van der Waals surface area contributed by atoms with Crippen LogP contribution in [0.2, 0.25) is 0 Å². The highest BCUT2D eigenvalue weighted by Crippen LogP contribution is 2.33. The standard InChI is InChI=1S/C29H36N10O2/c1-40-25-16-23-24(17-26(25)41-2)32-19-33-27(23)39-28(30)35-29(36-39)34-21-8-7-20(31-18-21)6-5-11-37-14-9-22(10-15-37)38-12-3-4-13-38/h5-8,16-19,22H,3-4,9-15H2,1-2H3,(H3,30,34,35,36)/b6-5+. The number of nitrogens with one attached hydrogen (secondary N) is 1. The Kier molecular flexibility index (Phi) is 7.92. The summed E-state index contributed by atoms with van der Waals surface area (Å²) < 4.78 is 12.3. The smallest absolute Gasteiger partial charge is 0.248 e. The van der Waals surface area contributed by atoms with Crippen LogP contribution in [0.3, 0.4) is 0 Å². The number of nitrogens with zero attached hydrogens (tertiary/aromatic N) is 8. The molecule has 1 aromatic carbocycles. The largest absolute Gasteiger partial charge is 0.493 e. The Hall–Kier alpha value is -4.29. The van der Waals surface area contributed by atoms with E-state index >= 15 is 0 Å². The molecule has 4 aromatic rings. The van der Waals surface area contributed by atoms with Crippen LogP contribution < -0.4 is 20.5 Å². The molecule has 5 heterocycles. The lowest BCUT2D eigenvalue weighted by Crippen LogP contribution is -2.43. The number of hydrogen-bond donors (Lipinski definition) is 2. The van der Waals surface area contributed by atoms with Crippen LogP contribution in [0.1, 0.15) is 31.4 Å². The summed E-state index contributed by atoms with van der Waals surface area (Å²) in [5.41, 5.74) is 8.54. The van der Waals surface area contributed by atoms with E-state index < -0.39 is 0 Å². The van der Waals surface area contributed by atoms with Gasteiger partial charge in [0.15, 0.2) is 17.3 Å². The van der Waals surface area contributed by atoms with Gasteiger partial charge in [0.1, 0.15) is 6.33 Å². The average molecular weight is 557 g/mol. The van der Waals surface area contributed by atoms with Gasteiger partial charge in [0.25, 0.3) is 0 Å². The number of nitrogens with two attached hydrogens (primary N) is 1. The van der Waals surface area contributed by atoms with Crippen molar-refractivity contribution >= 4 is 34.6 Å². The summed E-state index contributed by atoms with van der Waals surface area (Å²) in [5, 5.41) is 8.41. The molecule has 2 saturated heterocycles. The van der Waals surface area contributed by atoms with Crippen molar-refractivity contribution in [2.24, 2.45) is 0 Å². The van der Waals surface area contributed by atoms with Crippen LogP contribution in [0.15, 0.2) is 42.9 Å². The molecule has 2 fully saturated rings. The van der Waals surface area contributed by atoms with E-state index in [2.05, 4.69) is 52.3 Å². The van der Waals surface area contributed by atoms with Crippen molar-refractivity contribution in [2.45, 2.75) is 31.7 Å². The van der Waals surface area contributed by atoms with Crippen LogP contribution in [0.5, 0.6) is 11.5 Å². The monoisotopic (exact) mass is 556 g/mol. The average Bonchev–Trinajstić information content (AvgIpc) is 3.67. The first-order chi connectivity index (χ1) is 20.1. The number of ether oxygens (including phenoxy) is 2. The number of benzene rings is 1. The minimum Gasteiger partial charge on any atom is -0.493 e. The number of aromatic nitrogens is 6. The van der Waals surface area contributed by atoms with E-state index in [-0.39, 0.29) is 5.95 Å². The summed E-state index contributed by atoms with van der Waals surface area (Å²) in [6.07, 6.45) is 12.8. The molecule has 3 N–H and O–H groups in total. The first-order valence-corrected chi connectivity index (χ1v) is 14.1. The topological polar surface area (TPSA) is 132 Å². The number of likely N-dealkylation sites (tertiary alicyclic amines) is 2. The third-order valence-electron chi connectivity index (χ3n) is 7.86. The molecule has 2 aliphatic rings. The first kappa shape index (κ1) is 26.9. The molecular weight excluding hydrogens is 520 g/mol. The van der Waals surface area contributed by atoms with E-state index in [9.17, 15) is 0 Å². The van der Waals surface area contributed by atoms with Gasteiger partial charge in [-0.05, 0) is 76.1 Å². The molecule has 0 radical (unpaired) electrons. The Labute approximate surface area is 239 Å². The van der Waals surface area contributed by atoms with Crippen molar-refractivity contribution in [1.82, 2.24) is 39.5 Å². The summed E-state index contributed by atoms with van der Waals surface area (Å²) in [6.45, 7) is 5.86. The van der Waals surface area contributed by atoms with Crippen molar-refractivity contribution in [2.75, 3.05) is 58.0 Å². The molecule has 12 nitrogen and oxygen atoms in total. The molecular formula is C29H36N10O2. The summed E-state index contributed by atoms with van der Waals surface area (Å²) in [7, 11) is 3.16. The quantitative estimate of drug-likeness (QED) is 0.314. The van der Waals surface area contributed by atoms with Crippen molar-refractivity contribution < 1.29 is 9.47 Å². The summed E-state index contributed by atoms with van der Waals surface area (Å²) in [5.74, 6) is 2.11. The van der Waals surface area contributed by atoms with E-state index in [0.29, 0.717) is 34.2 Å². The highest BCUT2D eigenvalue weighted by molar-refractivity contribution is 5.88. The van der Waals surface area contributed by atoms with E-state index in [0.717, 1.165) is 37.1 Å². The fraction of sp³-hybridized carbons (Fsp3) is 0.414. The van der Waals surface area contributed by atoms with Gasteiger partial charge in [-0.25, -0.2) is 9.97 Å². The Morgan fingerprint density at radius 2 is 1.78 bits per heavy atom. The fourth-order valence-electron chi connectivity index (χ4n) is 5.67. The molecule has 0 spiro atoms. The molecule has 41 heavy (non-hydrogen) atoms. The number of rotatable bonds is 9. The van der Waals surface area contributed by atoms with Gasteiger partial charge in [-0.2, -0.15) is 9.67 Å². The van der Waals surface area contributed by atoms with Gasteiger partial charge >= 0.3 is 0 Å². The number of hydrogen-bond acceptors (Lipinski definition) is 11. The van der Waals surface area contributed by atoms with Crippen LogP contribution >= 0.6 is 0 Å². The van der Waals surface area contributed by atoms with Gasteiger partial charge in [0.05, 0.1) is 37.3 Å². The molecule has 6 rings (SSSR count). The zero-order chi connectivity index (χ0) is 28.2. The van der Waals surface area contributed by atoms with Crippen molar-refractivity contribution in [3.8, 4) is 17.3 Å². The Morgan fingerprint density at radius 1 is 1.00 bits per heavy atom. The Balaban J connectivity index is 1.08. The third kappa shape index (κ3) is 5.93.